The first-order valence-corrected chi connectivity index (χ1v) is 10.3. The maximum atomic E-state index is 13.3. The Labute approximate surface area is 180 Å². The summed E-state index contributed by atoms with van der Waals surface area (Å²) in [6.07, 6.45) is 0.261. The summed E-state index contributed by atoms with van der Waals surface area (Å²) in [6.45, 7) is 12.0. The summed E-state index contributed by atoms with van der Waals surface area (Å²) in [4.78, 5) is 27.8. The van der Waals surface area contributed by atoms with Crippen molar-refractivity contribution in [2.45, 2.75) is 66.1 Å². The number of rotatable bonds is 7. The number of aryl methyl sites for hydroxylation is 2. The summed E-state index contributed by atoms with van der Waals surface area (Å²) in [6, 6.07) is 13.1. The van der Waals surface area contributed by atoms with E-state index in [1.165, 1.54) is 0 Å². The summed E-state index contributed by atoms with van der Waals surface area (Å²) in [7, 11) is 1.62. The molecule has 0 bridgehead atoms. The van der Waals surface area contributed by atoms with E-state index >= 15 is 0 Å². The fourth-order valence-electron chi connectivity index (χ4n) is 3.24. The predicted octanol–water partition coefficient (Wildman–Crippen LogP) is 4.19. The van der Waals surface area contributed by atoms with Crippen molar-refractivity contribution in [2.75, 3.05) is 7.11 Å². The van der Waals surface area contributed by atoms with E-state index in [1.807, 2.05) is 77.1 Å². The molecule has 2 aromatic rings. The first-order chi connectivity index (χ1) is 14.0. The molecule has 2 amide bonds. The minimum absolute atomic E-state index is 0.0731. The molecule has 0 heterocycles. The molecule has 5 nitrogen and oxygen atoms in total. The lowest BCUT2D eigenvalue weighted by atomic mass is 10.0. The minimum Gasteiger partial charge on any atom is -0.497 e. The number of carbonyl (C=O) groups is 2. The topological polar surface area (TPSA) is 58.6 Å². The van der Waals surface area contributed by atoms with Gasteiger partial charge in [-0.2, -0.15) is 0 Å². The van der Waals surface area contributed by atoms with E-state index in [0.29, 0.717) is 6.54 Å². The molecule has 0 aliphatic heterocycles. The highest BCUT2D eigenvalue weighted by Gasteiger charge is 2.28. The quantitative estimate of drug-likeness (QED) is 0.745. The number of nitrogens with zero attached hydrogens (tertiary/aromatic N) is 1. The van der Waals surface area contributed by atoms with E-state index in [0.717, 1.165) is 28.0 Å². The Bertz CT molecular complexity index is 882. The Morgan fingerprint density at radius 3 is 2.27 bits per heavy atom. The first-order valence-electron chi connectivity index (χ1n) is 10.3. The molecule has 1 atom stereocenters. The van der Waals surface area contributed by atoms with Crippen molar-refractivity contribution in [3.63, 3.8) is 0 Å². The highest BCUT2D eigenvalue weighted by molar-refractivity contribution is 5.88. The number of methoxy groups -OCH3 is 1. The second kappa shape index (κ2) is 9.79. The van der Waals surface area contributed by atoms with Crippen LogP contribution in [-0.4, -0.2) is 35.4 Å². The van der Waals surface area contributed by atoms with Crippen LogP contribution < -0.4 is 10.1 Å². The van der Waals surface area contributed by atoms with E-state index in [2.05, 4.69) is 5.32 Å². The van der Waals surface area contributed by atoms with Crippen molar-refractivity contribution in [2.24, 2.45) is 0 Å². The van der Waals surface area contributed by atoms with Gasteiger partial charge in [-0.1, -0.05) is 35.9 Å². The molecule has 1 N–H and O–H groups in total. The van der Waals surface area contributed by atoms with Crippen LogP contribution in [0.2, 0.25) is 0 Å². The number of benzene rings is 2. The third-order valence-electron chi connectivity index (χ3n) is 5.02. The van der Waals surface area contributed by atoms with Crippen LogP contribution in [0.4, 0.5) is 0 Å². The monoisotopic (exact) mass is 410 g/mol. The molecular formula is C25H34N2O3. The van der Waals surface area contributed by atoms with Crippen molar-refractivity contribution in [1.29, 1.82) is 0 Å². The Balaban J connectivity index is 2.29. The van der Waals surface area contributed by atoms with Crippen molar-refractivity contribution in [3.8, 4) is 5.75 Å². The van der Waals surface area contributed by atoms with Gasteiger partial charge in [0.1, 0.15) is 11.8 Å². The lowest BCUT2D eigenvalue weighted by molar-refractivity contribution is -0.140. The van der Waals surface area contributed by atoms with Crippen molar-refractivity contribution in [3.05, 3.63) is 64.7 Å². The number of hydrogen-bond acceptors (Lipinski definition) is 3. The zero-order chi connectivity index (χ0) is 22.5. The largest absolute Gasteiger partial charge is 0.497 e. The van der Waals surface area contributed by atoms with E-state index in [9.17, 15) is 9.59 Å². The normalized spacial score (nSPS) is 12.2. The SMILES string of the molecule is COc1ccc(CN(C(=O)Cc2cc(C)ccc2C)[C@@H](C)C(=O)NC(C)(C)C)cc1. The van der Waals surface area contributed by atoms with Gasteiger partial charge in [-0.25, -0.2) is 0 Å². The molecule has 0 saturated heterocycles. The fourth-order valence-corrected chi connectivity index (χ4v) is 3.24. The summed E-state index contributed by atoms with van der Waals surface area (Å²) in [5.74, 6) is 0.520. The molecule has 0 saturated carbocycles. The predicted molar refractivity (Wildman–Crippen MR) is 121 cm³/mol. The third-order valence-corrected chi connectivity index (χ3v) is 5.02. The molecule has 0 aliphatic carbocycles. The minimum atomic E-state index is -0.594. The van der Waals surface area contributed by atoms with Crippen LogP contribution in [0, 0.1) is 13.8 Å². The zero-order valence-corrected chi connectivity index (χ0v) is 19.2. The molecule has 0 fully saturated rings. The van der Waals surface area contributed by atoms with Crippen LogP contribution in [0.5, 0.6) is 5.75 Å². The average Bonchev–Trinajstić information content (AvgIpc) is 2.67. The molecule has 0 aromatic heterocycles. The van der Waals surface area contributed by atoms with Crippen molar-refractivity contribution >= 4 is 11.8 Å². The van der Waals surface area contributed by atoms with Crippen molar-refractivity contribution in [1.82, 2.24) is 10.2 Å². The zero-order valence-electron chi connectivity index (χ0n) is 19.2. The molecule has 5 heteroatoms. The van der Waals surface area contributed by atoms with Crippen LogP contribution in [0.15, 0.2) is 42.5 Å². The number of hydrogen-bond donors (Lipinski definition) is 1. The van der Waals surface area contributed by atoms with Gasteiger partial charge in [0.25, 0.3) is 0 Å². The van der Waals surface area contributed by atoms with Gasteiger partial charge in [0.2, 0.25) is 11.8 Å². The van der Waals surface area contributed by atoms with E-state index < -0.39 is 6.04 Å². The molecule has 0 radical (unpaired) electrons. The van der Waals surface area contributed by atoms with Crippen LogP contribution in [0.25, 0.3) is 0 Å². The molecule has 0 spiro atoms. The van der Waals surface area contributed by atoms with Crippen LogP contribution in [-0.2, 0) is 22.6 Å². The summed E-state index contributed by atoms with van der Waals surface area (Å²) >= 11 is 0. The van der Waals surface area contributed by atoms with Gasteiger partial charge in [-0.15, -0.1) is 0 Å². The maximum absolute atomic E-state index is 13.3. The van der Waals surface area contributed by atoms with Gasteiger partial charge in [0, 0.05) is 12.1 Å². The first kappa shape index (κ1) is 23.5. The molecule has 30 heavy (non-hydrogen) atoms. The number of carbonyl (C=O) groups excluding carboxylic acids is 2. The Morgan fingerprint density at radius 1 is 1.07 bits per heavy atom. The number of amides is 2. The fraction of sp³-hybridized carbons (Fsp3) is 0.440. The summed E-state index contributed by atoms with van der Waals surface area (Å²) < 4.78 is 5.22. The Kier molecular flexibility index (Phi) is 7.65. The Morgan fingerprint density at radius 2 is 1.70 bits per heavy atom. The summed E-state index contributed by atoms with van der Waals surface area (Å²) in [5, 5.41) is 2.99. The summed E-state index contributed by atoms with van der Waals surface area (Å²) in [5.41, 5.74) is 3.75. The third kappa shape index (κ3) is 6.61. The second-order valence-electron chi connectivity index (χ2n) is 8.89. The van der Waals surface area contributed by atoms with E-state index in [-0.39, 0.29) is 23.8 Å². The van der Waals surface area contributed by atoms with Crippen LogP contribution in [0.3, 0.4) is 0 Å². The lowest BCUT2D eigenvalue weighted by Crippen LogP contribution is -2.52. The van der Waals surface area contributed by atoms with E-state index in [1.54, 1.807) is 18.9 Å². The van der Waals surface area contributed by atoms with Crippen LogP contribution in [0.1, 0.15) is 49.9 Å². The number of ether oxygens (including phenoxy) is 1. The average molecular weight is 411 g/mol. The van der Waals surface area contributed by atoms with E-state index in [4.69, 9.17) is 4.74 Å². The molecule has 162 valence electrons. The highest BCUT2D eigenvalue weighted by atomic mass is 16.5. The number of nitrogens with one attached hydrogen (secondary N) is 1. The van der Waals surface area contributed by atoms with Crippen molar-refractivity contribution < 1.29 is 14.3 Å². The molecule has 0 unspecified atom stereocenters. The van der Waals surface area contributed by atoms with Gasteiger partial charge in [0.05, 0.1) is 13.5 Å². The molecule has 0 aliphatic rings. The smallest absolute Gasteiger partial charge is 0.242 e. The lowest BCUT2D eigenvalue weighted by Gasteiger charge is -2.31. The van der Waals surface area contributed by atoms with Gasteiger partial charge < -0.3 is 15.0 Å². The highest BCUT2D eigenvalue weighted by Crippen LogP contribution is 2.18. The van der Waals surface area contributed by atoms with Gasteiger partial charge in [-0.05, 0) is 70.4 Å². The van der Waals surface area contributed by atoms with Crippen LogP contribution >= 0.6 is 0 Å². The standard InChI is InChI=1S/C25H34N2O3/c1-17-8-9-18(2)21(14-17)15-23(28)27(19(3)24(29)26-25(4,5)6)16-20-10-12-22(30-7)13-11-20/h8-14,19H,15-16H2,1-7H3,(H,26,29)/t19-/m0/s1. The molecule has 2 rings (SSSR count). The van der Waals surface area contributed by atoms with Gasteiger partial charge in [-0.3, -0.25) is 9.59 Å². The molecular weight excluding hydrogens is 376 g/mol. The molecule has 2 aromatic carbocycles. The Hall–Kier alpha value is -2.82. The van der Waals surface area contributed by atoms with Gasteiger partial charge >= 0.3 is 0 Å². The maximum Gasteiger partial charge on any atom is 0.242 e. The second-order valence-corrected chi connectivity index (χ2v) is 8.89. The van der Waals surface area contributed by atoms with Gasteiger partial charge in [0.15, 0.2) is 0 Å².